The molecule has 7 nitrogen and oxygen atoms in total. The number of pyridine rings is 1. The van der Waals surface area contributed by atoms with Crippen LogP contribution >= 0.6 is 0 Å². The van der Waals surface area contributed by atoms with Crippen molar-refractivity contribution in [2.24, 2.45) is 0 Å². The van der Waals surface area contributed by atoms with E-state index in [1.807, 2.05) is 35.2 Å². The van der Waals surface area contributed by atoms with Crippen LogP contribution in [0.4, 0.5) is 5.82 Å². The first kappa shape index (κ1) is 13.7. The first-order valence-corrected chi connectivity index (χ1v) is 6.66. The van der Waals surface area contributed by atoms with Crippen LogP contribution in [-0.2, 0) is 6.54 Å². The van der Waals surface area contributed by atoms with E-state index in [1.54, 1.807) is 18.5 Å². The molecule has 0 aliphatic heterocycles. The molecule has 1 amide bonds. The van der Waals surface area contributed by atoms with Gasteiger partial charge in [-0.05, 0) is 24.3 Å². The maximum atomic E-state index is 12.2. The number of aromatic nitrogens is 4. The Kier molecular flexibility index (Phi) is 3.78. The molecule has 0 radical (unpaired) electrons. The summed E-state index contributed by atoms with van der Waals surface area (Å²) in [6, 6.07) is 7.39. The number of nitrogens with zero attached hydrogens (tertiary/aromatic N) is 4. The van der Waals surface area contributed by atoms with Crippen molar-refractivity contribution in [3.05, 3.63) is 66.6 Å². The Morgan fingerprint density at radius 3 is 2.86 bits per heavy atom. The van der Waals surface area contributed by atoms with Crippen LogP contribution < -0.4 is 11.1 Å². The van der Waals surface area contributed by atoms with Gasteiger partial charge in [-0.3, -0.25) is 9.78 Å². The molecule has 0 aliphatic carbocycles. The lowest BCUT2D eigenvalue weighted by Crippen LogP contribution is -2.24. The number of rotatable bonds is 4. The fourth-order valence-electron chi connectivity index (χ4n) is 1.98. The van der Waals surface area contributed by atoms with Crippen LogP contribution in [-0.4, -0.2) is 25.4 Å². The molecular formula is C15H14N6O. The van der Waals surface area contributed by atoms with Gasteiger partial charge >= 0.3 is 0 Å². The van der Waals surface area contributed by atoms with E-state index in [1.165, 1.54) is 6.33 Å². The zero-order valence-corrected chi connectivity index (χ0v) is 11.7. The number of amides is 1. The molecule has 22 heavy (non-hydrogen) atoms. The highest BCUT2D eigenvalue weighted by Crippen LogP contribution is 2.09. The summed E-state index contributed by atoms with van der Waals surface area (Å²) in [5.74, 6) is 0.0709. The normalized spacial score (nSPS) is 10.4. The Hall–Kier alpha value is -3.22. The lowest BCUT2D eigenvalue weighted by atomic mass is 10.2. The molecule has 0 atom stereocenters. The highest BCUT2D eigenvalue weighted by Gasteiger charge is 2.09. The van der Waals surface area contributed by atoms with Crippen molar-refractivity contribution in [1.29, 1.82) is 0 Å². The van der Waals surface area contributed by atoms with Gasteiger partial charge in [0.25, 0.3) is 5.91 Å². The lowest BCUT2D eigenvalue weighted by molar-refractivity contribution is 0.0946. The van der Waals surface area contributed by atoms with Crippen LogP contribution in [0, 0.1) is 0 Å². The smallest absolute Gasteiger partial charge is 0.270 e. The summed E-state index contributed by atoms with van der Waals surface area (Å²) in [5, 5.41) is 2.76. The Morgan fingerprint density at radius 1 is 1.27 bits per heavy atom. The summed E-state index contributed by atoms with van der Waals surface area (Å²) in [6.45, 7) is 0.251. The second-order valence-corrected chi connectivity index (χ2v) is 4.61. The number of carbonyl (C=O) groups is 1. The molecule has 0 aliphatic rings. The number of nitrogens with two attached hydrogens (primary N) is 1. The third-order valence-electron chi connectivity index (χ3n) is 3.14. The Morgan fingerprint density at radius 2 is 2.09 bits per heavy atom. The van der Waals surface area contributed by atoms with E-state index in [0.717, 1.165) is 5.69 Å². The van der Waals surface area contributed by atoms with Gasteiger partial charge in [-0.1, -0.05) is 0 Å². The summed E-state index contributed by atoms with van der Waals surface area (Å²) >= 11 is 0. The van der Waals surface area contributed by atoms with Crippen molar-refractivity contribution < 1.29 is 4.79 Å². The van der Waals surface area contributed by atoms with Crippen molar-refractivity contribution in [1.82, 2.24) is 24.8 Å². The molecule has 3 rings (SSSR count). The molecule has 0 bridgehead atoms. The molecule has 3 aromatic rings. The van der Waals surface area contributed by atoms with Gasteiger partial charge in [-0.15, -0.1) is 0 Å². The average molecular weight is 294 g/mol. The van der Waals surface area contributed by atoms with E-state index in [-0.39, 0.29) is 12.5 Å². The topological polar surface area (TPSA) is 98.7 Å². The zero-order chi connectivity index (χ0) is 15.4. The fourth-order valence-corrected chi connectivity index (χ4v) is 1.98. The molecular weight excluding hydrogens is 280 g/mol. The van der Waals surface area contributed by atoms with Crippen LogP contribution in [0.5, 0.6) is 0 Å². The van der Waals surface area contributed by atoms with Crippen molar-refractivity contribution in [2.45, 2.75) is 6.54 Å². The van der Waals surface area contributed by atoms with Crippen LogP contribution in [0.25, 0.3) is 5.69 Å². The predicted molar refractivity (Wildman–Crippen MR) is 81.2 cm³/mol. The Bertz CT molecular complexity index is 784. The molecule has 0 aromatic carbocycles. The van der Waals surface area contributed by atoms with Crippen molar-refractivity contribution in [2.75, 3.05) is 5.73 Å². The van der Waals surface area contributed by atoms with E-state index < -0.39 is 0 Å². The summed E-state index contributed by atoms with van der Waals surface area (Å²) in [7, 11) is 0. The monoisotopic (exact) mass is 294 g/mol. The second-order valence-electron chi connectivity index (χ2n) is 4.61. The minimum atomic E-state index is -0.280. The molecule has 0 saturated heterocycles. The summed E-state index contributed by atoms with van der Waals surface area (Å²) in [5.41, 5.74) is 7.58. The van der Waals surface area contributed by atoms with Gasteiger partial charge in [0.05, 0.1) is 0 Å². The van der Waals surface area contributed by atoms with Gasteiger partial charge in [0.1, 0.15) is 17.8 Å². The van der Waals surface area contributed by atoms with E-state index in [4.69, 9.17) is 5.73 Å². The van der Waals surface area contributed by atoms with Crippen LogP contribution in [0.2, 0.25) is 0 Å². The van der Waals surface area contributed by atoms with Crippen LogP contribution in [0.1, 0.15) is 16.1 Å². The molecule has 3 aromatic heterocycles. The van der Waals surface area contributed by atoms with E-state index >= 15 is 0 Å². The second kappa shape index (κ2) is 6.04. The van der Waals surface area contributed by atoms with Gasteiger partial charge < -0.3 is 15.6 Å². The molecule has 3 N–H and O–H groups in total. The number of anilines is 1. The van der Waals surface area contributed by atoms with Crippen molar-refractivity contribution >= 4 is 11.7 Å². The first-order valence-electron chi connectivity index (χ1n) is 6.66. The highest BCUT2D eigenvalue weighted by molar-refractivity contribution is 5.92. The zero-order valence-electron chi connectivity index (χ0n) is 11.7. The van der Waals surface area contributed by atoms with Crippen LogP contribution in [0.3, 0.4) is 0 Å². The van der Waals surface area contributed by atoms with Gasteiger partial charge in [0, 0.05) is 42.6 Å². The third kappa shape index (κ3) is 2.93. The summed E-state index contributed by atoms with van der Waals surface area (Å²) in [4.78, 5) is 24.0. The molecule has 0 unspecified atom stereocenters. The molecule has 110 valence electrons. The molecule has 0 spiro atoms. The average Bonchev–Trinajstić information content (AvgIpc) is 3.08. The number of hydrogen-bond donors (Lipinski definition) is 2. The predicted octanol–water partition coefficient (Wildman–Crippen LogP) is 1.17. The Labute approximate surface area is 126 Å². The number of nitrogens with one attached hydrogen (secondary N) is 1. The van der Waals surface area contributed by atoms with Crippen molar-refractivity contribution in [3.63, 3.8) is 0 Å². The molecule has 7 heteroatoms. The van der Waals surface area contributed by atoms with E-state index in [0.29, 0.717) is 17.1 Å². The number of nitrogen functional groups attached to an aromatic ring is 1. The summed E-state index contributed by atoms with van der Waals surface area (Å²) in [6.07, 6.45) is 8.34. The first-order chi connectivity index (χ1) is 10.7. The Balaban J connectivity index is 1.73. The SMILES string of the molecule is Nc1ncncc1CNC(=O)c1cc(-n2cccc2)ccn1. The maximum Gasteiger partial charge on any atom is 0.270 e. The van der Waals surface area contributed by atoms with Gasteiger partial charge in [-0.25, -0.2) is 9.97 Å². The number of carbonyl (C=O) groups excluding carboxylic acids is 1. The van der Waals surface area contributed by atoms with E-state index in [9.17, 15) is 4.79 Å². The highest BCUT2D eigenvalue weighted by atomic mass is 16.1. The van der Waals surface area contributed by atoms with Gasteiger partial charge in [0.2, 0.25) is 0 Å². The minimum absolute atomic E-state index is 0.251. The van der Waals surface area contributed by atoms with Crippen molar-refractivity contribution in [3.8, 4) is 5.69 Å². The maximum absolute atomic E-state index is 12.2. The van der Waals surface area contributed by atoms with Gasteiger partial charge in [-0.2, -0.15) is 0 Å². The standard InChI is InChI=1S/C15H14N6O/c16-14-11(8-17-10-20-14)9-19-15(22)13-7-12(3-4-18-13)21-5-1-2-6-21/h1-8,10H,9H2,(H,19,22)(H2,16,17,20). The van der Waals surface area contributed by atoms with E-state index in [2.05, 4.69) is 20.3 Å². The largest absolute Gasteiger partial charge is 0.383 e. The fraction of sp³-hybridized carbons (Fsp3) is 0.0667. The van der Waals surface area contributed by atoms with Crippen LogP contribution in [0.15, 0.2) is 55.4 Å². The minimum Gasteiger partial charge on any atom is -0.383 e. The molecule has 3 heterocycles. The lowest BCUT2D eigenvalue weighted by Gasteiger charge is -2.08. The number of hydrogen-bond acceptors (Lipinski definition) is 5. The summed E-state index contributed by atoms with van der Waals surface area (Å²) < 4.78 is 1.90. The van der Waals surface area contributed by atoms with Gasteiger partial charge in [0.15, 0.2) is 0 Å². The third-order valence-corrected chi connectivity index (χ3v) is 3.14. The quantitative estimate of drug-likeness (QED) is 0.752. The molecule has 0 fully saturated rings. The molecule has 0 saturated carbocycles.